The van der Waals surface area contributed by atoms with Crippen molar-refractivity contribution in [1.82, 2.24) is 0 Å². The number of ether oxygens (including phenoxy) is 2. The Morgan fingerprint density at radius 1 is 1.17 bits per heavy atom. The second kappa shape index (κ2) is 8.10. The van der Waals surface area contributed by atoms with Crippen LogP contribution < -0.4 is 14.8 Å². The minimum atomic E-state index is -2.98. The van der Waals surface area contributed by atoms with E-state index in [0.717, 1.165) is 11.1 Å². The van der Waals surface area contributed by atoms with Crippen molar-refractivity contribution in [2.45, 2.75) is 13.5 Å². The van der Waals surface area contributed by atoms with Crippen LogP contribution in [0.25, 0.3) is 6.08 Å². The van der Waals surface area contributed by atoms with E-state index in [9.17, 15) is 13.6 Å². The van der Waals surface area contributed by atoms with Gasteiger partial charge in [0.2, 0.25) is 5.91 Å². The third-order valence-electron chi connectivity index (χ3n) is 3.12. The van der Waals surface area contributed by atoms with Gasteiger partial charge in [0.25, 0.3) is 0 Å². The van der Waals surface area contributed by atoms with Gasteiger partial charge in [-0.2, -0.15) is 8.78 Å². The molecule has 0 spiro atoms. The lowest BCUT2D eigenvalue weighted by atomic mass is 10.1. The van der Waals surface area contributed by atoms with Crippen molar-refractivity contribution in [3.63, 3.8) is 0 Å². The average molecular weight is 333 g/mol. The summed E-state index contributed by atoms with van der Waals surface area (Å²) in [7, 11) is 1.34. The molecule has 0 saturated carbocycles. The minimum absolute atomic E-state index is 0.145. The van der Waals surface area contributed by atoms with Crippen LogP contribution in [0.5, 0.6) is 11.5 Å². The fraction of sp³-hybridized carbons (Fsp3) is 0.167. The van der Waals surface area contributed by atoms with Crippen molar-refractivity contribution in [2.75, 3.05) is 12.4 Å². The highest BCUT2D eigenvalue weighted by Gasteiger charge is 2.11. The molecule has 1 amide bonds. The van der Waals surface area contributed by atoms with Crippen LogP contribution >= 0.6 is 0 Å². The zero-order valence-corrected chi connectivity index (χ0v) is 13.3. The third-order valence-corrected chi connectivity index (χ3v) is 3.12. The van der Waals surface area contributed by atoms with Gasteiger partial charge in [-0.25, -0.2) is 0 Å². The Kier molecular flexibility index (Phi) is 5.89. The predicted molar refractivity (Wildman–Crippen MR) is 88.5 cm³/mol. The molecular formula is C18H17F2NO3. The number of aryl methyl sites for hydroxylation is 1. The molecule has 0 unspecified atom stereocenters. The first-order chi connectivity index (χ1) is 11.5. The van der Waals surface area contributed by atoms with Crippen LogP contribution in [0.4, 0.5) is 14.5 Å². The van der Waals surface area contributed by atoms with Gasteiger partial charge in [-0.1, -0.05) is 29.8 Å². The van der Waals surface area contributed by atoms with Crippen LogP contribution in [-0.2, 0) is 4.79 Å². The number of carbonyl (C=O) groups is 1. The lowest BCUT2D eigenvalue weighted by Crippen LogP contribution is -2.09. The number of carbonyl (C=O) groups excluding carboxylic acids is 1. The van der Waals surface area contributed by atoms with Crippen molar-refractivity contribution in [1.29, 1.82) is 0 Å². The second-order valence-corrected chi connectivity index (χ2v) is 4.98. The number of alkyl halides is 2. The van der Waals surface area contributed by atoms with Crippen molar-refractivity contribution < 1.29 is 23.0 Å². The van der Waals surface area contributed by atoms with E-state index in [1.807, 2.05) is 31.2 Å². The first kappa shape index (κ1) is 17.5. The fourth-order valence-electron chi connectivity index (χ4n) is 2.07. The summed E-state index contributed by atoms with van der Waals surface area (Å²) in [5.41, 5.74) is 2.30. The predicted octanol–water partition coefficient (Wildman–Crippen LogP) is 4.26. The van der Waals surface area contributed by atoms with Crippen molar-refractivity contribution in [2.24, 2.45) is 0 Å². The van der Waals surface area contributed by atoms with E-state index < -0.39 is 6.61 Å². The van der Waals surface area contributed by atoms with Gasteiger partial charge < -0.3 is 14.8 Å². The number of hydrogen-bond donors (Lipinski definition) is 1. The highest BCUT2D eigenvalue weighted by atomic mass is 19.3. The van der Waals surface area contributed by atoms with Gasteiger partial charge in [0.05, 0.1) is 7.11 Å². The average Bonchev–Trinajstić information content (AvgIpc) is 2.53. The summed E-state index contributed by atoms with van der Waals surface area (Å²) in [4.78, 5) is 11.9. The standard InChI is InChI=1S/C18H17F2NO3/c1-12-4-3-5-13(10-12)6-9-17(22)21-14-7-8-15(23-2)16(11-14)24-18(19)20/h3-11,18H,1-2H3,(H,21,22)/b9-6+. The molecule has 0 aliphatic heterocycles. The Hall–Kier alpha value is -2.89. The summed E-state index contributed by atoms with van der Waals surface area (Å²) in [5, 5.41) is 2.59. The number of methoxy groups -OCH3 is 1. The van der Waals surface area contributed by atoms with Crippen molar-refractivity contribution in [3.05, 3.63) is 59.7 Å². The summed E-state index contributed by atoms with van der Waals surface area (Å²) in [6.45, 7) is -1.02. The summed E-state index contributed by atoms with van der Waals surface area (Å²) >= 11 is 0. The lowest BCUT2D eigenvalue weighted by Gasteiger charge is -2.11. The van der Waals surface area contributed by atoms with Gasteiger partial charge in [0.15, 0.2) is 11.5 Å². The number of rotatable bonds is 6. The highest BCUT2D eigenvalue weighted by Crippen LogP contribution is 2.31. The molecule has 2 aromatic carbocycles. The van der Waals surface area contributed by atoms with E-state index in [2.05, 4.69) is 10.1 Å². The molecule has 126 valence electrons. The monoisotopic (exact) mass is 333 g/mol. The van der Waals surface area contributed by atoms with Gasteiger partial charge in [0.1, 0.15) is 0 Å². The molecule has 0 radical (unpaired) electrons. The van der Waals surface area contributed by atoms with Gasteiger partial charge >= 0.3 is 6.61 Å². The second-order valence-electron chi connectivity index (χ2n) is 4.98. The van der Waals surface area contributed by atoms with Crippen LogP contribution in [0.15, 0.2) is 48.5 Å². The molecule has 2 aromatic rings. The van der Waals surface area contributed by atoms with Crippen molar-refractivity contribution >= 4 is 17.7 Å². The molecule has 0 saturated heterocycles. The Morgan fingerprint density at radius 2 is 1.96 bits per heavy atom. The van der Waals surface area contributed by atoms with Crippen LogP contribution in [-0.4, -0.2) is 19.6 Å². The molecule has 24 heavy (non-hydrogen) atoms. The zero-order valence-electron chi connectivity index (χ0n) is 13.3. The molecule has 0 aliphatic rings. The minimum Gasteiger partial charge on any atom is -0.493 e. The van der Waals surface area contributed by atoms with E-state index in [-0.39, 0.29) is 17.4 Å². The van der Waals surface area contributed by atoms with E-state index in [0.29, 0.717) is 5.69 Å². The number of halogens is 2. The van der Waals surface area contributed by atoms with Gasteiger partial charge in [0, 0.05) is 17.8 Å². The number of hydrogen-bond acceptors (Lipinski definition) is 3. The molecule has 0 bridgehead atoms. The molecular weight excluding hydrogens is 316 g/mol. The van der Waals surface area contributed by atoms with E-state index in [1.165, 1.54) is 31.4 Å². The summed E-state index contributed by atoms with van der Waals surface area (Å²) in [6.07, 6.45) is 3.04. The molecule has 2 rings (SSSR count). The molecule has 0 atom stereocenters. The third kappa shape index (κ3) is 5.08. The fourth-order valence-corrected chi connectivity index (χ4v) is 2.07. The van der Waals surface area contributed by atoms with Crippen LogP contribution in [0.3, 0.4) is 0 Å². The normalized spacial score (nSPS) is 10.9. The molecule has 0 fully saturated rings. The van der Waals surface area contributed by atoms with E-state index in [4.69, 9.17) is 4.74 Å². The highest BCUT2D eigenvalue weighted by molar-refractivity contribution is 6.02. The van der Waals surface area contributed by atoms with Crippen molar-refractivity contribution in [3.8, 4) is 11.5 Å². The number of benzene rings is 2. The SMILES string of the molecule is COc1ccc(NC(=O)/C=C/c2cccc(C)c2)cc1OC(F)F. The van der Waals surface area contributed by atoms with Crippen LogP contribution in [0.2, 0.25) is 0 Å². The number of anilines is 1. The molecule has 1 N–H and O–H groups in total. The molecule has 0 heterocycles. The topological polar surface area (TPSA) is 47.6 Å². The lowest BCUT2D eigenvalue weighted by molar-refractivity contribution is -0.111. The van der Waals surface area contributed by atoms with E-state index in [1.54, 1.807) is 6.08 Å². The number of nitrogens with one attached hydrogen (secondary N) is 1. The summed E-state index contributed by atoms with van der Waals surface area (Å²) in [5.74, 6) is -0.374. The quantitative estimate of drug-likeness (QED) is 0.804. The molecule has 0 aromatic heterocycles. The van der Waals surface area contributed by atoms with Crippen LogP contribution in [0.1, 0.15) is 11.1 Å². The maximum atomic E-state index is 12.4. The summed E-state index contributed by atoms with van der Waals surface area (Å²) < 4.78 is 34.1. The largest absolute Gasteiger partial charge is 0.493 e. The maximum Gasteiger partial charge on any atom is 0.387 e. The smallest absolute Gasteiger partial charge is 0.387 e. The molecule has 4 nitrogen and oxygen atoms in total. The van der Waals surface area contributed by atoms with Gasteiger partial charge in [-0.3, -0.25) is 4.79 Å². The Balaban J connectivity index is 2.08. The first-order valence-corrected chi connectivity index (χ1v) is 7.16. The Morgan fingerprint density at radius 3 is 2.62 bits per heavy atom. The van der Waals surface area contributed by atoms with Gasteiger partial charge in [-0.05, 0) is 30.7 Å². The number of amides is 1. The molecule has 0 aliphatic carbocycles. The van der Waals surface area contributed by atoms with Crippen LogP contribution in [0, 0.1) is 6.92 Å². The first-order valence-electron chi connectivity index (χ1n) is 7.16. The van der Waals surface area contributed by atoms with E-state index >= 15 is 0 Å². The van der Waals surface area contributed by atoms with Gasteiger partial charge in [-0.15, -0.1) is 0 Å². The maximum absolute atomic E-state index is 12.4. The Bertz CT molecular complexity index is 745. The Labute approximate surface area is 138 Å². The molecule has 6 heteroatoms. The zero-order chi connectivity index (χ0) is 17.5. The summed E-state index contributed by atoms with van der Waals surface area (Å²) in [6, 6.07) is 11.9.